The molecule has 1 N–H and O–H groups in total. The van der Waals surface area contributed by atoms with Crippen LogP contribution in [0.5, 0.6) is 5.75 Å². The van der Waals surface area contributed by atoms with Crippen molar-refractivity contribution in [2.75, 3.05) is 19.4 Å². The van der Waals surface area contributed by atoms with E-state index in [9.17, 15) is 4.79 Å². The van der Waals surface area contributed by atoms with Gasteiger partial charge in [0.05, 0.1) is 7.11 Å². The number of hydrogen-bond donors (Lipinski definition) is 1. The minimum Gasteiger partial charge on any atom is -0.496 e. The van der Waals surface area contributed by atoms with E-state index in [-0.39, 0.29) is 5.91 Å². The van der Waals surface area contributed by atoms with Crippen molar-refractivity contribution < 1.29 is 9.53 Å². The molecule has 0 bridgehead atoms. The molecule has 0 aromatic heterocycles. The highest BCUT2D eigenvalue weighted by atomic mass is 32.2. The smallest absolute Gasteiger partial charge is 0.251 e. The number of hydrogen-bond acceptors (Lipinski definition) is 3. The van der Waals surface area contributed by atoms with Crippen LogP contribution in [0.25, 0.3) is 0 Å². The number of ether oxygens (including phenoxy) is 1. The minimum absolute atomic E-state index is 0.00257. The topological polar surface area (TPSA) is 38.3 Å². The van der Waals surface area contributed by atoms with Crippen molar-refractivity contribution in [2.45, 2.75) is 37.9 Å². The first-order valence-electron chi connectivity index (χ1n) is 7.25. The summed E-state index contributed by atoms with van der Waals surface area (Å²) in [5.41, 5.74) is 1.69. The number of rotatable bonds is 6. The number of aryl methyl sites for hydroxylation is 1. The molecule has 1 aromatic rings. The van der Waals surface area contributed by atoms with Gasteiger partial charge in [-0.15, -0.1) is 0 Å². The number of methoxy groups -OCH3 is 1. The summed E-state index contributed by atoms with van der Waals surface area (Å²) in [6.07, 6.45) is 5.43. The number of benzene rings is 1. The maximum absolute atomic E-state index is 12.0. The Morgan fingerprint density at radius 2 is 2.15 bits per heavy atom. The third-order valence-corrected chi connectivity index (χ3v) is 5.08. The zero-order chi connectivity index (χ0) is 14.4. The first kappa shape index (κ1) is 15.2. The zero-order valence-corrected chi connectivity index (χ0v) is 13.1. The molecular weight excluding hydrogens is 270 g/mol. The van der Waals surface area contributed by atoms with E-state index in [1.165, 1.54) is 25.7 Å². The van der Waals surface area contributed by atoms with Crippen LogP contribution in [-0.2, 0) is 0 Å². The summed E-state index contributed by atoms with van der Waals surface area (Å²) in [6, 6.07) is 5.53. The van der Waals surface area contributed by atoms with Gasteiger partial charge in [0.25, 0.3) is 5.91 Å². The number of nitrogens with one attached hydrogen (secondary N) is 1. The molecule has 1 aromatic carbocycles. The summed E-state index contributed by atoms with van der Waals surface area (Å²) in [6.45, 7) is 2.69. The fraction of sp³-hybridized carbons (Fsp3) is 0.562. The van der Waals surface area contributed by atoms with E-state index >= 15 is 0 Å². The van der Waals surface area contributed by atoms with Crippen molar-refractivity contribution in [1.82, 2.24) is 5.32 Å². The third-order valence-electron chi connectivity index (χ3n) is 3.70. The van der Waals surface area contributed by atoms with Crippen LogP contribution >= 0.6 is 11.8 Å². The molecule has 0 unspecified atom stereocenters. The van der Waals surface area contributed by atoms with Crippen LogP contribution in [0.1, 0.15) is 41.6 Å². The predicted molar refractivity (Wildman–Crippen MR) is 84.8 cm³/mol. The van der Waals surface area contributed by atoms with Gasteiger partial charge in [0.1, 0.15) is 5.75 Å². The quantitative estimate of drug-likeness (QED) is 0.817. The van der Waals surface area contributed by atoms with Crippen LogP contribution in [0, 0.1) is 6.92 Å². The fourth-order valence-corrected chi connectivity index (χ4v) is 3.79. The molecule has 4 heteroatoms. The summed E-state index contributed by atoms with van der Waals surface area (Å²) in [4.78, 5) is 12.0. The van der Waals surface area contributed by atoms with Gasteiger partial charge in [-0.2, -0.15) is 11.8 Å². The lowest BCUT2D eigenvalue weighted by atomic mass is 10.1. The maximum Gasteiger partial charge on any atom is 0.251 e. The molecule has 0 heterocycles. The van der Waals surface area contributed by atoms with E-state index < -0.39 is 0 Å². The minimum atomic E-state index is 0.00257. The number of carbonyl (C=O) groups is 1. The Bertz CT molecular complexity index is 456. The lowest BCUT2D eigenvalue weighted by Crippen LogP contribution is -2.26. The Morgan fingerprint density at radius 1 is 1.40 bits per heavy atom. The van der Waals surface area contributed by atoms with Gasteiger partial charge in [-0.05, 0) is 43.5 Å². The Morgan fingerprint density at radius 3 is 2.80 bits per heavy atom. The van der Waals surface area contributed by atoms with Gasteiger partial charge < -0.3 is 10.1 Å². The van der Waals surface area contributed by atoms with Crippen molar-refractivity contribution >= 4 is 17.7 Å². The molecule has 0 saturated heterocycles. The normalized spacial score (nSPS) is 15.3. The van der Waals surface area contributed by atoms with Gasteiger partial charge in [0.15, 0.2) is 0 Å². The summed E-state index contributed by atoms with van der Waals surface area (Å²) in [5, 5.41) is 3.80. The van der Waals surface area contributed by atoms with Crippen LogP contribution in [0.3, 0.4) is 0 Å². The molecule has 0 spiro atoms. The largest absolute Gasteiger partial charge is 0.496 e. The molecule has 110 valence electrons. The second-order valence-electron chi connectivity index (χ2n) is 5.22. The van der Waals surface area contributed by atoms with E-state index in [0.29, 0.717) is 5.56 Å². The zero-order valence-electron chi connectivity index (χ0n) is 12.3. The van der Waals surface area contributed by atoms with Gasteiger partial charge in [-0.3, -0.25) is 4.79 Å². The average Bonchev–Trinajstić information content (AvgIpc) is 2.96. The SMILES string of the molecule is COc1ccc(C(=O)NCCSC2CCCC2)cc1C. The summed E-state index contributed by atoms with van der Waals surface area (Å²) < 4.78 is 5.20. The Kier molecular flexibility index (Phi) is 5.77. The van der Waals surface area contributed by atoms with Gasteiger partial charge in [-0.25, -0.2) is 0 Å². The standard InChI is InChI=1S/C16H23NO2S/c1-12-11-13(7-8-15(12)19-2)16(18)17-9-10-20-14-5-3-4-6-14/h7-8,11,14H,3-6,9-10H2,1-2H3,(H,17,18). The van der Waals surface area contributed by atoms with Crippen molar-refractivity contribution in [3.8, 4) is 5.75 Å². The van der Waals surface area contributed by atoms with E-state index in [1.54, 1.807) is 7.11 Å². The average molecular weight is 293 g/mol. The highest BCUT2D eigenvalue weighted by Gasteiger charge is 2.15. The molecule has 0 aliphatic heterocycles. The molecule has 1 aliphatic carbocycles. The molecule has 1 aliphatic rings. The molecule has 20 heavy (non-hydrogen) atoms. The Hall–Kier alpha value is -1.16. The monoisotopic (exact) mass is 293 g/mol. The van der Waals surface area contributed by atoms with Crippen LogP contribution < -0.4 is 10.1 Å². The predicted octanol–water partition coefficient (Wildman–Crippen LogP) is 3.41. The van der Waals surface area contributed by atoms with Crippen LogP contribution in [-0.4, -0.2) is 30.6 Å². The summed E-state index contributed by atoms with van der Waals surface area (Å²) >= 11 is 2.00. The Balaban J connectivity index is 1.75. The van der Waals surface area contributed by atoms with Crippen molar-refractivity contribution in [1.29, 1.82) is 0 Å². The highest BCUT2D eigenvalue weighted by Crippen LogP contribution is 2.28. The van der Waals surface area contributed by atoms with Gasteiger partial charge in [-0.1, -0.05) is 12.8 Å². The molecule has 1 amide bonds. The van der Waals surface area contributed by atoms with Crippen molar-refractivity contribution in [3.05, 3.63) is 29.3 Å². The van der Waals surface area contributed by atoms with E-state index in [0.717, 1.165) is 28.9 Å². The van der Waals surface area contributed by atoms with Crippen molar-refractivity contribution in [2.24, 2.45) is 0 Å². The number of thioether (sulfide) groups is 1. The van der Waals surface area contributed by atoms with Gasteiger partial charge in [0.2, 0.25) is 0 Å². The number of amides is 1. The third kappa shape index (κ3) is 4.17. The highest BCUT2D eigenvalue weighted by molar-refractivity contribution is 7.99. The molecule has 0 atom stereocenters. The second-order valence-corrected chi connectivity index (χ2v) is 6.63. The molecule has 3 nitrogen and oxygen atoms in total. The lowest BCUT2D eigenvalue weighted by molar-refractivity contribution is 0.0956. The second kappa shape index (κ2) is 7.58. The summed E-state index contributed by atoms with van der Waals surface area (Å²) in [7, 11) is 1.64. The molecular formula is C16H23NO2S. The van der Waals surface area contributed by atoms with Crippen LogP contribution in [0.15, 0.2) is 18.2 Å². The van der Waals surface area contributed by atoms with Gasteiger partial charge >= 0.3 is 0 Å². The number of carbonyl (C=O) groups excluding carboxylic acids is 1. The van der Waals surface area contributed by atoms with Crippen molar-refractivity contribution in [3.63, 3.8) is 0 Å². The van der Waals surface area contributed by atoms with E-state index in [2.05, 4.69) is 5.32 Å². The van der Waals surface area contributed by atoms with E-state index in [1.807, 2.05) is 36.9 Å². The first-order chi connectivity index (χ1) is 9.70. The Labute approximate surface area is 125 Å². The maximum atomic E-state index is 12.0. The lowest BCUT2D eigenvalue weighted by Gasteiger charge is -2.10. The fourth-order valence-electron chi connectivity index (χ4n) is 2.57. The van der Waals surface area contributed by atoms with E-state index in [4.69, 9.17) is 4.74 Å². The molecule has 1 fully saturated rings. The van der Waals surface area contributed by atoms with Crippen LogP contribution in [0.2, 0.25) is 0 Å². The van der Waals surface area contributed by atoms with Crippen LogP contribution in [0.4, 0.5) is 0 Å². The first-order valence-corrected chi connectivity index (χ1v) is 8.30. The molecule has 2 rings (SSSR count). The molecule has 0 radical (unpaired) electrons. The van der Waals surface area contributed by atoms with Gasteiger partial charge in [0, 0.05) is 23.1 Å². The molecule has 1 saturated carbocycles. The summed E-state index contributed by atoms with van der Waals surface area (Å²) in [5.74, 6) is 1.83.